The number of nitrogens with zero attached hydrogens (tertiary/aromatic N) is 2. The molecule has 0 spiro atoms. The largest absolute Gasteiger partial charge is 0.381 e. The molecule has 6 heteroatoms. The molecule has 2 saturated heterocycles. The summed E-state index contributed by atoms with van der Waals surface area (Å²) in [6.07, 6.45) is 4.28. The Morgan fingerprint density at radius 3 is 3.18 bits per heavy atom. The van der Waals surface area contributed by atoms with Crippen LogP contribution >= 0.6 is 0 Å². The molecule has 0 amide bonds. The summed E-state index contributed by atoms with van der Waals surface area (Å²) in [6.45, 7) is 4.16. The highest BCUT2D eigenvalue weighted by molar-refractivity contribution is 4.97. The van der Waals surface area contributed by atoms with Crippen LogP contribution in [-0.4, -0.2) is 42.7 Å². The molecular formula is C11H19N3O3. The van der Waals surface area contributed by atoms with Crippen molar-refractivity contribution in [1.29, 1.82) is 0 Å². The van der Waals surface area contributed by atoms with E-state index >= 15 is 0 Å². The first-order valence-electron chi connectivity index (χ1n) is 6.17. The van der Waals surface area contributed by atoms with Gasteiger partial charge in [-0.2, -0.15) is 0 Å². The second kappa shape index (κ2) is 5.86. The van der Waals surface area contributed by atoms with Crippen molar-refractivity contribution in [2.45, 2.75) is 19.3 Å². The van der Waals surface area contributed by atoms with E-state index in [4.69, 9.17) is 4.74 Å². The van der Waals surface area contributed by atoms with Crippen molar-refractivity contribution in [3.8, 4) is 0 Å². The van der Waals surface area contributed by atoms with E-state index in [2.05, 4.69) is 10.2 Å². The van der Waals surface area contributed by atoms with Crippen LogP contribution in [0.4, 0.5) is 0 Å². The number of rotatable bonds is 3. The van der Waals surface area contributed by atoms with Crippen LogP contribution in [0.25, 0.3) is 0 Å². The van der Waals surface area contributed by atoms with Crippen molar-refractivity contribution in [3.63, 3.8) is 0 Å². The molecule has 2 heterocycles. The highest BCUT2D eigenvalue weighted by Crippen LogP contribution is 2.17. The van der Waals surface area contributed by atoms with Crippen LogP contribution in [0.3, 0.4) is 0 Å². The van der Waals surface area contributed by atoms with Crippen molar-refractivity contribution in [2.24, 2.45) is 5.92 Å². The molecule has 1 unspecified atom stereocenters. The quantitative estimate of drug-likeness (QED) is 0.584. The summed E-state index contributed by atoms with van der Waals surface area (Å²) in [6, 6.07) is 0. The van der Waals surface area contributed by atoms with Crippen LogP contribution in [0, 0.1) is 16.0 Å². The summed E-state index contributed by atoms with van der Waals surface area (Å²) in [5.74, 6) is 1.16. The smallest absolute Gasteiger partial charge is 0.274 e. The van der Waals surface area contributed by atoms with E-state index in [1.807, 2.05) is 0 Å². The monoisotopic (exact) mass is 241 g/mol. The Balaban J connectivity index is 2.00. The fourth-order valence-corrected chi connectivity index (χ4v) is 2.33. The van der Waals surface area contributed by atoms with E-state index in [1.54, 1.807) is 0 Å². The van der Waals surface area contributed by atoms with Crippen LogP contribution in [0.2, 0.25) is 0 Å². The number of nitro groups is 1. The maximum Gasteiger partial charge on any atom is 0.274 e. The lowest BCUT2D eigenvalue weighted by atomic mass is 10.1. The van der Waals surface area contributed by atoms with Gasteiger partial charge in [0, 0.05) is 32.2 Å². The van der Waals surface area contributed by atoms with E-state index in [1.165, 1.54) is 0 Å². The molecule has 2 fully saturated rings. The van der Waals surface area contributed by atoms with Crippen LogP contribution < -0.4 is 5.32 Å². The van der Waals surface area contributed by atoms with Crippen LogP contribution in [-0.2, 0) is 4.74 Å². The summed E-state index contributed by atoms with van der Waals surface area (Å²) in [4.78, 5) is 12.3. The lowest BCUT2D eigenvalue weighted by Crippen LogP contribution is -2.34. The molecule has 0 saturated carbocycles. The third-order valence-electron chi connectivity index (χ3n) is 3.23. The maximum atomic E-state index is 10.6. The van der Waals surface area contributed by atoms with E-state index in [-0.39, 0.29) is 4.92 Å². The van der Waals surface area contributed by atoms with Gasteiger partial charge < -0.3 is 15.0 Å². The van der Waals surface area contributed by atoms with Crippen LogP contribution in [0.5, 0.6) is 0 Å². The molecule has 0 aromatic rings. The van der Waals surface area contributed by atoms with Gasteiger partial charge in [0.2, 0.25) is 0 Å². The zero-order valence-electron chi connectivity index (χ0n) is 9.93. The zero-order valence-corrected chi connectivity index (χ0v) is 9.93. The molecule has 1 atom stereocenters. The molecule has 0 radical (unpaired) electrons. The van der Waals surface area contributed by atoms with Gasteiger partial charge in [0.25, 0.3) is 6.20 Å². The molecule has 2 aliphatic rings. The van der Waals surface area contributed by atoms with Gasteiger partial charge >= 0.3 is 0 Å². The van der Waals surface area contributed by atoms with E-state index in [9.17, 15) is 10.1 Å². The van der Waals surface area contributed by atoms with Gasteiger partial charge in [0.05, 0.1) is 11.5 Å². The van der Waals surface area contributed by atoms with Crippen molar-refractivity contribution in [1.82, 2.24) is 10.2 Å². The predicted molar refractivity (Wildman–Crippen MR) is 62.8 cm³/mol. The van der Waals surface area contributed by atoms with E-state index < -0.39 is 0 Å². The Labute approximate surface area is 101 Å². The van der Waals surface area contributed by atoms with Crippen LogP contribution in [0.1, 0.15) is 19.3 Å². The predicted octanol–water partition coefficient (Wildman–Crippen LogP) is 0.784. The molecule has 0 aliphatic carbocycles. The summed E-state index contributed by atoms with van der Waals surface area (Å²) in [7, 11) is 0. The maximum absolute atomic E-state index is 10.6. The van der Waals surface area contributed by atoms with Gasteiger partial charge in [-0.05, 0) is 19.3 Å². The topological polar surface area (TPSA) is 67.6 Å². The van der Waals surface area contributed by atoms with E-state index in [0.29, 0.717) is 11.7 Å². The molecule has 1 N–H and O–H groups in total. The van der Waals surface area contributed by atoms with E-state index in [0.717, 1.165) is 58.3 Å². The molecule has 2 rings (SSSR count). The fourth-order valence-electron chi connectivity index (χ4n) is 2.33. The van der Waals surface area contributed by atoms with Gasteiger partial charge in [0.1, 0.15) is 0 Å². The first-order valence-corrected chi connectivity index (χ1v) is 6.17. The van der Waals surface area contributed by atoms with Crippen LogP contribution in [0.15, 0.2) is 12.0 Å². The molecule has 17 heavy (non-hydrogen) atoms. The molecule has 2 aliphatic heterocycles. The molecule has 6 nitrogen and oxygen atoms in total. The summed E-state index contributed by atoms with van der Waals surface area (Å²) in [5.41, 5.74) is 0. The second-order valence-electron chi connectivity index (χ2n) is 4.61. The van der Waals surface area contributed by atoms with Crippen molar-refractivity contribution in [3.05, 3.63) is 22.1 Å². The van der Waals surface area contributed by atoms with Gasteiger partial charge in [-0.25, -0.2) is 0 Å². The molecular weight excluding hydrogens is 222 g/mol. The third kappa shape index (κ3) is 3.59. The first-order chi connectivity index (χ1) is 8.25. The average molecular weight is 241 g/mol. The minimum atomic E-state index is -0.383. The Bertz CT molecular complexity index is 300. The lowest BCUT2D eigenvalue weighted by molar-refractivity contribution is -0.404. The lowest BCUT2D eigenvalue weighted by Gasteiger charge is -2.26. The SMILES string of the molecule is O=[N+]([O-])/C=C1\NCCCCN1CC1CCOC1. The Hall–Kier alpha value is -1.30. The minimum absolute atomic E-state index is 0.383. The van der Waals surface area contributed by atoms with Crippen molar-refractivity contribution >= 4 is 0 Å². The fraction of sp³-hybridized carbons (Fsp3) is 0.818. The first kappa shape index (κ1) is 12.2. The number of nitrogens with one attached hydrogen (secondary N) is 1. The Morgan fingerprint density at radius 2 is 2.47 bits per heavy atom. The molecule has 96 valence electrons. The third-order valence-corrected chi connectivity index (χ3v) is 3.23. The number of hydrogen-bond donors (Lipinski definition) is 1. The van der Waals surface area contributed by atoms with Gasteiger partial charge in [0.15, 0.2) is 5.82 Å². The highest BCUT2D eigenvalue weighted by Gasteiger charge is 2.23. The minimum Gasteiger partial charge on any atom is -0.381 e. The van der Waals surface area contributed by atoms with Crippen molar-refractivity contribution in [2.75, 3.05) is 32.8 Å². The summed E-state index contributed by atoms with van der Waals surface area (Å²) in [5, 5.41) is 13.7. The van der Waals surface area contributed by atoms with Gasteiger partial charge in [-0.3, -0.25) is 10.1 Å². The second-order valence-corrected chi connectivity index (χ2v) is 4.61. The Kier molecular flexibility index (Phi) is 4.19. The molecule has 0 bridgehead atoms. The number of hydrogen-bond acceptors (Lipinski definition) is 5. The summed E-state index contributed by atoms with van der Waals surface area (Å²) >= 11 is 0. The molecule has 0 aromatic heterocycles. The van der Waals surface area contributed by atoms with Gasteiger partial charge in [-0.1, -0.05) is 0 Å². The van der Waals surface area contributed by atoms with Gasteiger partial charge in [-0.15, -0.1) is 0 Å². The Morgan fingerprint density at radius 1 is 1.59 bits per heavy atom. The average Bonchev–Trinajstić information content (AvgIpc) is 2.69. The zero-order chi connectivity index (χ0) is 12.1. The number of ether oxygens (including phenoxy) is 1. The normalized spacial score (nSPS) is 27.9. The summed E-state index contributed by atoms with van der Waals surface area (Å²) < 4.78 is 5.35. The highest BCUT2D eigenvalue weighted by atomic mass is 16.6. The molecule has 0 aromatic carbocycles. The van der Waals surface area contributed by atoms with Crippen molar-refractivity contribution < 1.29 is 9.66 Å². The standard InChI is InChI=1S/C11H19N3O3/c15-14(16)8-11-12-4-1-2-5-13(11)7-10-3-6-17-9-10/h8,10,12H,1-7,9H2/b11-8+.